The summed E-state index contributed by atoms with van der Waals surface area (Å²) in [5, 5.41) is 0. The molecule has 1 aliphatic rings. The zero-order chi connectivity index (χ0) is 17.2. The standard InChI is InChI=1S/C22H19NO2/c1-25-19-14-12-18(13-15-19)23-21(17-10-6-3-7-11-17)20(22(23)24)16-8-4-2-5-9-16/h2-15,20-21H,1H3/t20-,21-/m1/s1. The van der Waals surface area contributed by atoms with E-state index in [4.69, 9.17) is 4.74 Å². The monoisotopic (exact) mass is 329 g/mol. The molecule has 1 amide bonds. The van der Waals surface area contributed by atoms with Crippen molar-refractivity contribution < 1.29 is 9.53 Å². The predicted molar refractivity (Wildman–Crippen MR) is 98.8 cm³/mol. The van der Waals surface area contributed by atoms with E-state index in [0.29, 0.717) is 0 Å². The smallest absolute Gasteiger partial charge is 0.237 e. The summed E-state index contributed by atoms with van der Waals surface area (Å²) in [6, 6.07) is 27.9. The molecule has 1 saturated heterocycles. The van der Waals surface area contributed by atoms with Gasteiger partial charge in [0.2, 0.25) is 5.91 Å². The zero-order valence-electron chi connectivity index (χ0n) is 14.0. The molecule has 2 atom stereocenters. The first-order valence-corrected chi connectivity index (χ1v) is 8.36. The molecule has 0 spiro atoms. The van der Waals surface area contributed by atoms with E-state index in [2.05, 4.69) is 12.1 Å². The molecule has 4 rings (SSSR count). The molecular formula is C22H19NO2. The summed E-state index contributed by atoms with van der Waals surface area (Å²) in [4.78, 5) is 14.9. The van der Waals surface area contributed by atoms with Crippen LogP contribution in [0.2, 0.25) is 0 Å². The fraction of sp³-hybridized carbons (Fsp3) is 0.136. The van der Waals surface area contributed by atoms with E-state index in [-0.39, 0.29) is 17.9 Å². The van der Waals surface area contributed by atoms with Crippen molar-refractivity contribution in [2.75, 3.05) is 12.0 Å². The number of ether oxygens (including phenoxy) is 1. The number of hydrogen-bond acceptors (Lipinski definition) is 2. The van der Waals surface area contributed by atoms with Gasteiger partial charge in [0.05, 0.1) is 19.1 Å². The number of rotatable bonds is 4. The number of β-lactam (4-membered cyclic amide) rings is 1. The van der Waals surface area contributed by atoms with Gasteiger partial charge in [0.1, 0.15) is 5.75 Å². The second kappa shape index (κ2) is 6.44. The summed E-state index contributed by atoms with van der Waals surface area (Å²) < 4.78 is 5.23. The quantitative estimate of drug-likeness (QED) is 0.656. The Morgan fingerprint density at radius 1 is 0.760 bits per heavy atom. The fourth-order valence-corrected chi connectivity index (χ4v) is 3.50. The molecule has 1 heterocycles. The summed E-state index contributed by atoms with van der Waals surface area (Å²) in [5.74, 6) is 0.767. The van der Waals surface area contributed by atoms with Crippen LogP contribution in [0, 0.1) is 0 Å². The van der Waals surface area contributed by atoms with Crippen LogP contribution in [0.3, 0.4) is 0 Å². The fourth-order valence-electron chi connectivity index (χ4n) is 3.50. The van der Waals surface area contributed by atoms with Crippen molar-refractivity contribution >= 4 is 11.6 Å². The maximum absolute atomic E-state index is 13.0. The molecule has 3 nitrogen and oxygen atoms in total. The maximum Gasteiger partial charge on any atom is 0.237 e. The van der Waals surface area contributed by atoms with Crippen molar-refractivity contribution in [3.05, 3.63) is 96.1 Å². The SMILES string of the molecule is COc1ccc(N2C(=O)[C@H](c3ccccc3)[C@H]2c2ccccc2)cc1. The van der Waals surface area contributed by atoms with Gasteiger partial charge in [-0.25, -0.2) is 0 Å². The maximum atomic E-state index is 13.0. The Morgan fingerprint density at radius 2 is 1.32 bits per heavy atom. The molecule has 0 saturated carbocycles. The van der Waals surface area contributed by atoms with Crippen LogP contribution in [-0.4, -0.2) is 13.0 Å². The van der Waals surface area contributed by atoms with Gasteiger partial charge in [-0.2, -0.15) is 0 Å². The van der Waals surface area contributed by atoms with Gasteiger partial charge in [-0.05, 0) is 35.4 Å². The number of hydrogen-bond donors (Lipinski definition) is 0. The lowest BCUT2D eigenvalue weighted by molar-refractivity contribution is -0.126. The molecule has 0 radical (unpaired) electrons. The Bertz CT molecular complexity index is 860. The molecule has 0 aliphatic carbocycles. The van der Waals surface area contributed by atoms with Crippen LogP contribution >= 0.6 is 0 Å². The summed E-state index contributed by atoms with van der Waals surface area (Å²) in [5.41, 5.74) is 3.10. The lowest BCUT2D eigenvalue weighted by atomic mass is 9.77. The zero-order valence-corrected chi connectivity index (χ0v) is 14.0. The summed E-state index contributed by atoms with van der Waals surface area (Å²) in [6.45, 7) is 0. The first-order valence-electron chi connectivity index (χ1n) is 8.36. The first kappa shape index (κ1) is 15.5. The van der Waals surface area contributed by atoms with Gasteiger partial charge >= 0.3 is 0 Å². The van der Waals surface area contributed by atoms with Crippen LogP contribution in [0.25, 0.3) is 0 Å². The topological polar surface area (TPSA) is 29.5 Å². The van der Waals surface area contributed by atoms with Crippen molar-refractivity contribution in [2.45, 2.75) is 12.0 Å². The van der Waals surface area contributed by atoms with Gasteiger partial charge in [0.15, 0.2) is 0 Å². The number of nitrogens with zero attached hydrogens (tertiary/aromatic N) is 1. The highest BCUT2D eigenvalue weighted by atomic mass is 16.5. The van der Waals surface area contributed by atoms with Gasteiger partial charge in [-0.3, -0.25) is 4.79 Å². The van der Waals surface area contributed by atoms with Crippen molar-refractivity contribution in [3.63, 3.8) is 0 Å². The number of carbonyl (C=O) groups excluding carboxylic acids is 1. The van der Waals surface area contributed by atoms with Crippen molar-refractivity contribution in [2.24, 2.45) is 0 Å². The third-order valence-corrected chi connectivity index (χ3v) is 4.75. The lowest BCUT2D eigenvalue weighted by Gasteiger charge is -2.47. The second-order valence-electron chi connectivity index (χ2n) is 6.15. The van der Waals surface area contributed by atoms with E-state index in [0.717, 1.165) is 22.6 Å². The van der Waals surface area contributed by atoms with Crippen LogP contribution in [-0.2, 0) is 4.79 Å². The molecule has 1 aliphatic heterocycles. The van der Waals surface area contributed by atoms with E-state index in [1.807, 2.05) is 77.7 Å². The van der Waals surface area contributed by atoms with Gasteiger partial charge in [0.25, 0.3) is 0 Å². The summed E-state index contributed by atoms with van der Waals surface area (Å²) in [7, 11) is 1.64. The Kier molecular flexibility index (Phi) is 3.98. The molecule has 1 fully saturated rings. The average molecular weight is 329 g/mol. The third kappa shape index (κ3) is 2.68. The molecule has 3 heteroatoms. The number of methoxy groups -OCH3 is 1. The van der Waals surface area contributed by atoms with Crippen molar-refractivity contribution in [1.82, 2.24) is 0 Å². The summed E-state index contributed by atoms with van der Waals surface area (Å²) in [6.07, 6.45) is 0. The van der Waals surface area contributed by atoms with Gasteiger partial charge in [0, 0.05) is 5.69 Å². The lowest BCUT2D eigenvalue weighted by Crippen LogP contribution is -2.53. The third-order valence-electron chi connectivity index (χ3n) is 4.75. The molecule has 25 heavy (non-hydrogen) atoms. The first-order chi connectivity index (χ1) is 12.3. The van der Waals surface area contributed by atoms with Crippen molar-refractivity contribution in [1.29, 1.82) is 0 Å². The largest absolute Gasteiger partial charge is 0.497 e. The Labute approximate surface area is 147 Å². The molecule has 0 aromatic heterocycles. The van der Waals surface area contributed by atoms with E-state index < -0.39 is 0 Å². The van der Waals surface area contributed by atoms with E-state index >= 15 is 0 Å². The molecule has 3 aromatic carbocycles. The Morgan fingerprint density at radius 3 is 1.88 bits per heavy atom. The van der Waals surface area contributed by atoms with Crippen LogP contribution in [0.1, 0.15) is 23.1 Å². The van der Waals surface area contributed by atoms with E-state index in [1.165, 1.54) is 0 Å². The number of amides is 1. The van der Waals surface area contributed by atoms with Gasteiger partial charge in [-0.1, -0.05) is 60.7 Å². The Balaban J connectivity index is 1.74. The minimum Gasteiger partial charge on any atom is -0.497 e. The average Bonchev–Trinajstić information content (AvgIpc) is 2.68. The summed E-state index contributed by atoms with van der Waals surface area (Å²) >= 11 is 0. The number of carbonyl (C=O) groups is 1. The molecule has 124 valence electrons. The van der Waals surface area contributed by atoms with Crippen LogP contribution < -0.4 is 9.64 Å². The highest BCUT2D eigenvalue weighted by Crippen LogP contribution is 2.48. The number of anilines is 1. The van der Waals surface area contributed by atoms with E-state index in [1.54, 1.807) is 7.11 Å². The highest BCUT2D eigenvalue weighted by molar-refractivity contribution is 6.06. The predicted octanol–water partition coefficient (Wildman–Crippen LogP) is 4.57. The number of benzene rings is 3. The van der Waals surface area contributed by atoms with Crippen molar-refractivity contribution in [3.8, 4) is 5.75 Å². The Hall–Kier alpha value is -3.07. The van der Waals surface area contributed by atoms with Crippen LogP contribution in [0.5, 0.6) is 5.75 Å². The van der Waals surface area contributed by atoms with Gasteiger partial charge < -0.3 is 9.64 Å². The van der Waals surface area contributed by atoms with Gasteiger partial charge in [-0.15, -0.1) is 0 Å². The van der Waals surface area contributed by atoms with E-state index in [9.17, 15) is 4.79 Å². The molecular weight excluding hydrogens is 310 g/mol. The highest BCUT2D eigenvalue weighted by Gasteiger charge is 2.49. The normalized spacial score (nSPS) is 19.4. The minimum atomic E-state index is -0.147. The second-order valence-corrected chi connectivity index (χ2v) is 6.15. The van der Waals surface area contributed by atoms with Crippen LogP contribution in [0.15, 0.2) is 84.9 Å². The molecule has 0 unspecified atom stereocenters. The van der Waals surface area contributed by atoms with Crippen LogP contribution in [0.4, 0.5) is 5.69 Å². The minimum absolute atomic E-state index is 0.00416. The molecule has 0 N–H and O–H groups in total. The molecule has 0 bridgehead atoms. The molecule has 3 aromatic rings.